The molecule has 1 atom stereocenters. The van der Waals surface area contributed by atoms with Crippen LogP contribution >= 0.6 is 15.9 Å². The first-order chi connectivity index (χ1) is 5.27. The Balaban J connectivity index is 2.52. The molecule has 0 saturated carbocycles. The van der Waals surface area contributed by atoms with Crippen LogP contribution < -0.4 is 0 Å². The van der Waals surface area contributed by atoms with Crippen molar-refractivity contribution in [3.63, 3.8) is 0 Å². The third-order valence-electron chi connectivity index (χ3n) is 1.98. The summed E-state index contributed by atoms with van der Waals surface area (Å²) in [6.45, 7) is 0. The van der Waals surface area contributed by atoms with Gasteiger partial charge in [-0.3, -0.25) is 0 Å². The molecule has 1 N–H and O–H groups in total. The Morgan fingerprint density at radius 3 is 3.18 bits per heavy atom. The third-order valence-corrected chi connectivity index (χ3v) is 2.42. The lowest BCUT2D eigenvalue weighted by Crippen LogP contribution is -1.94. The lowest BCUT2D eigenvalue weighted by Gasteiger charge is -2.01. The molecular weight excluding hydrogens is 206 g/mol. The normalized spacial score (nSPS) is 21.8. The van der Waals surface area contributed by atoms with Gasteiger partial charge in [-0.05, 0) is 40.4 Å². The Morgan fingerprint density at radius 2 is 2.36 bits per heavy atom. The van der Waals surface area contributed by atoms with Crippen molar-refractivity contribution in [2.24, 2.45) is 0 Å². The van der Waals surface area contributed by atoms with Crippen molar-refractivity contribution >= 4 is 15.9 Å². The Hall–Kier alpha value is -0.410. The molecule has 0 saturated heterocycles. The van der Waals surface area contributed by atoms with Gasteiger partial charge >= 0.3 is 0 Å². The highest BCUT2D eigenvalue weighted by Gasteiger charge is 2.21. The zero-order valence-corrected chi connectivity index (χ0v) is 7.50. The first-order valence-electron chi connectivity index (χ1n) is 3.61. The molecule has 0 bridgehead atoms. The zero-order chi connectivity index (χ0) is 7.84. The molecule has 11 heavy (non-hydrogen) atoms. The van der Waals surface area contributed by atoms with Crippen molar-refractivity contribution in [1.82, 2.24) is 4.98 Å². The fourth-order valence-corrected chi connectivity index (χ4v) is 1.73. The van der Waals surface area contributed by atoms with Gasteiger partial charge in [-0.25, -0.2) is 4.98 Å². The fourth-order valence-electron chi connectivity index (χ4n) is 1.41. The van der Waals surface area contributed by atoms with Gasteiger partial charge in [0.15, 0.2) is 0 Å². The van der Waals surface area contributed by atoms with E-state index in [9.17, 15) is 5.11 Å². The number of fused-ring (bicyclic) bond motifs is 1. The highest BCUT2D eigenvalue weighted by Crippen LogP contribution is 2.29. The zero-order valence-electron chi connectivity index (χ0n) is 5.92. The third kappa shape index (κ3) is 1.19. The van der Waals surface area contributed by atoms with E-state index >= 15 is 0 Å². The monoisotopic (exact) mass is 213 g/mol. The van der Waals surface area contributed by atoms with Crippen LogP contribution in [-0.4, -0.2) is 10.1 Å². The van der Waals surface area contributed by atoms with Crippen molar-refractivity contribution in [1.29, 1.82) is 0 Å². The summed E-state index contributed by atoms with van der Waals surface area (Å²) < 4.78 is 0.803. The second kappa shape index (κ2) is 2.57. The van der Waals surface area contributed by atoms with Gasteiger partial charge in [0.05, 0.1) is 11.8 Å². The Labute approximate surface area is 73.4 Å². The van der Waals surface area contributed by atoms with Crippen LogP contribution in [0.25, 0.3) is 0 Å². The maximum absolute atomic E-state index is 9.42. The molecule has 1 aliphatic carbocycles. The summed E-state index contributed by atoms with van der Waals surface area (Å²) in [6, 6.07) is 3.93. The van der Waals surface area contributed by atoms with Crippen molar-refractivity contribution in [3.8, 4) is 0 Å². The van der Waals surface area contributed by atoms with E-state index < -0.39 is 0 Å². The number of aliphatic hydroxyl groups is 1. The average molecular weight is 214 g/mol. The van der Waals surface area contributed by atoms with E-state index in [0.717, 1.165) is 23.1 Å². The van der Waals surface area contributed by atoms with Gasteiger partial charge in [0.25, 0.3) is 0 Å². The topological polar surface area (TPSA) is 33.1 Å². The molecule has 1 aromatic heterocycles. The predicted molar refractivity (Wildman–Crippen MR) is 45.2 cm³/mol. The maximum atomic E-state index is 9.42. The van der Waals surface area contributed by atoms with Gasteiger partial charge in [-0.1, -0.05) is 6.07 Å². The van der Waals surface area contributed by atoms with E-state index in [2.05, 4.69) is 20.9 Å². The number of aliphatic hydroxyl groups excluding tert-OH is 1. The Morgan fingerprint density at radius 1 is 1.55 bits per heavy atom. The summed E-state index contributed by atoms with van der Waals surface area (Å²) in [4.78, 5) is 4.20. The summed E-state index contributed by atoms with van der Waals surface area (Å²) in [5.41, 5.74) is 2.03. The lowest BCUT2D eigenvalue weighted by atomic mass is 10.2. The molecular formula is C8H8BrNO. The van der Waals surface area contributed by atoms with Crippen LogP contribution in [0.3, 0.4) is 0 Å². The van der Waals surface area contributed by atoms with Crippen molar-refractivity contribution < 1.29 is 5.11 Å². The standard InChI is InChI=1S/C8H8BrNO/c9-7-4-2-5-1-3-6(11)8(5)10-7/h2,4,6,11H,1,3H2. The molecule has 2 rings (SSSR count). The maximum Gasteiger partial charge on any atom is 0.106 e. The second-order valence-corrected chi connectivity index (χ2v) is 3.55. The summed E-state index contributed by atoms with van der Waals surface area (Å²) in [5, 5.41) is 9.42. The molecule has 0 radical (unpaired) electrons. The first kappa shape index (κ1) is 7.25. The second-order valence-electron chi connectivity index (χ2n) is 2.73. The quantitative estimate of drug-likeness (QED) is 0.668. The molecule has 0 spiro atoms. The SMILES string of the molecule is OC1CCc2ccc(Br)nc21. The number of hydrogen-bond donors (Lipinski definition) is 1. The molecule has 0 aromatic carbocycles. The minimum absolute atomic E-state index is 0.345. The fraction of sp³-hybridized carbons (Fsp3) is 0.375. The van der Waals surface area contributed by atoms with Crippen LogP contribution in [0.2, 0.25) is 0 Å². The summed E-state index contributed by atoms with van der Waals surface area (Å²) in [7, 11) is 0. The molecule has 0 aliphatic heterocycles. The van der Waals surface area contributed by atoms with Crippen molar-refractivity contribution in [3.05, 3.63) is 28.0 Å². The molecule has 2 nitrogen and oxygen atoms in total. The van der Waals surface area contributed by atoms with Crippen LogP contribution in [0, 0.1) is 0 Å². The molecule has 3 heteroatoms. The van der Waals surface area contributed by atoms with Crippen molar-refractivity contribution in [2.45, 2.75) is 18.9 Å². The van der Waals surface area contributed by atoms with Gasteiger partial charge in [0.2, 0.25) is 0 Å². The first-order valence-corrected chi connectivity index (χ1v) is 4.40. The van der Waals surface area contributed by atoms with Gasteiger partial charge in [0.1, 0.15) is 4.60 Å². The van der Waals surface area contributed by atoms with E-state index in [1.54, 1.807) is 0 Å². The number of halogens is 1. The van der Waals surface area contributed by atoms with E-state index in [1.807, 2.05) is 12.1 Å². The molecule has 0 fully saturated rings. The highest BCUT2D eigenvalue weighted by molar-refractivity contribution is 9.10. The predicted octanol–water partition coefficient (Wildman–Crippen LogP) is 1.82. The number of hydrogen-bond acceptors (Lipinski definition) is 2. The molecule has 1 heterocycles. The number of rotatable bonds is 0. The summed E-state index contributed by atoms with van der Waals surface area (Å²) >= 11 is 3.27. The van der Waals surface area contributed by atoms with Gasteiger partial charge in [-0.15, -0.1) is 0 Å². The summed E-state index contributed by atoms with van der Waals surface area (Å²) in [5.74, 6) is 0. The number of pyridine rings is 1. The average Bonchev–Trinajstić information content (AvgIpc) is 2.33. The van der Waals surface area contributed by atoms with Crippen LogP contribution in [0.5, 0.6) is 0 Å². The minimum Gasteiger partial charge on any atom is -0.387 e. The molecule has 0 amide bonds. The Bertz CT molecular complexity index is 287. The number of aryl methyl sites for hydroxylation is 1. The van der Waals surface area contributed by atoms with Gasteiger partial charge in [-0.2, -0.15) is 0 Å². The molecule has 1 aliphatic rings. The van der Waals surface area contributed by atoms with Crippen LogP contribution in [0.4, 0.5) is 0 Å². The molecule has 1 unspecified atom stereocenters. The summed E-state index contributed by atoms with van der Waals surface area (Å²) in [6.07, 6.45) is 1.43. The molecule has 58 valence electrons. The van der Waals surface area contributed by atoms with Gasteiger partial charge < -0.3 is 5.11 Å². The van der Waals surface area contributed by atoms with E-state index in [1.165, 1.54) is 5.56 Å². The van der Waals surface area contributed by atoms with Gasteiger partial charge in [0, 0.05) is 0 Å². The molecule has 1 aromatic rings. The van der Waals surface area contributed by atoms with E-state index in [-0.39, 0.29) is 6.10 Å². The number of aromatic nitrogens is 1. The minimum atomic E-state index is -0.345. The highest BCUT2D eigenvalue weighted by atomic mass is 79.9. The largest absolute Gasteiger partial charge is 0.387 e. The van der Waals surface area contributed by atoms with E-state index in [0.29, 0.717) is 0 Å². The van der Waals surface area contributed by atoms with E-state index in [4.69, 9.17) is 0 Å². The Kier molecular flexibility index (Phi) is 1.69. The lowest BCUT2D eigenvalue weighted by molar-refractivity contribution is 0.175. The smallest absolute Gasteiger partial charge is 0.106 e. The van der Waals surface area contributed by atoms with Crippen LogP contribution in [0.1, 0.15) is 23.8 Å². The number of nitrogens with zero attached hydrogens (tertiary/aromatic N) is 1. The van der Waals surface area contributed by atoms with Crippen LogP contribution in [-0.2, 0) is 6.42 Å². The van der Waals surface area contributed by atoms with Crippen LogP contribution in [0.15, 0.2) is 16.7 Å². The van der Waals surface area contributed by atoms with Crippen molar-refractivity contribution in [2.75, 3.05) is 0 Å².